The zero-order chi connectivity index (χ0) is 8.11. The number of carbonyl (C=O) groups is 2. The molecule has 1 unspecified atom stereocenters. The molecular weight excluding hydrogens is 175 g/mol. The highest BCUT2D eigenvalue weighted by atomic mass is 31.2. The van der Waals surface area contributed by atoms with Crippen molar-refractivity contribution in [1.82, 2.24) is 0 Å². The Morgan fingerprint density at radius 3 is 2.36 bits per heavy atom. The van der Waals surface area contributed by atoms with Gasteiger partial charge in [-0.3, -0.25) is 9.32 Å². The molecule has 11 heavy (non-hydrogen) atoms. The molecule has 3 saturated heterocycles. The van der Waals surface area contributed by atoms with Gasteiger partial charge in [0.2, 0.25) is 0 Å². The lowest BCUT2D eigenvalue weighted by Gasteiger charge is -2.28. The topological polar surface area (TPSA) is 78.9 Å². The van der Waals surface area contributed by atoms with Gasteiger partial charge in [-0.1, -0.05) is 0 Å². The van der Waals surface area contributed by atoms with Crippen LogP contribution >= 0.6 is 7.82 Å². The van der Waals surface area contributed by atoms with Gasteiger partial charge in [-0.15, -0.1) is 0 Å². The Hall–Kier alpha value is -0.550. The van der Waals surface area contributed by atoms with Gasteiger partial charge in [0.15, 0.2) is 18.7 Å². The molecular formula is C4H3O6P. The van der Waals surface area contributed by atoms with Crippen molar-refractivity contribution in [3.63, 3.8) is 0 Å². The quantitative estimate of drug-likeness (QED) is 0.424. The fraction of sp³-hybridized carbons (Fsp3) is 0.500. The Kier molecular flexibility index (Phi) is 1.15. The highest BCUT2D eigenvalue weighted by molar-refractivity contribution is 7.50. The second-order valence-electron chi connectivity index (χ2n) is 2.13. The van der Waals surface area contributed by atoms with Gasteiger partial charge in [-0.05, 0) is 0 Å². The largest absolute Gasteiger partial charge is 0.481 e. The summed E-state index contributed by atoms with van der Waals surface area (Å²) in [5.41, 5.74) is 0. The van der Waals surface area contributed by atoms with E-state index >= 15 is 0 Å². The van der Waals surface area contributed by atoms with Gasteiger partial charge in [0.05, 0.1) is 0 Å². The number of carbonyl (C=O) groups excluding carboxylic acids is 2. The standard InChI is InChI=1S/C4H3O6P/c5-1-3-4(2-6)9-11(7,8-3)10-4/h1-3H. The van der Waals surface area contributed by atoms with Crippen LogP contribution in [0.1, 0.15) is 0 Å². The monoisotopic (exact) mass is 178 g/mol. The predicted molar refractivity (Wildman–Crippen MR) is 29.5 cm³/mol. The van der Waals surface area contributed by atoms with E-state index in [0.717, 1.165) is 0 Å². The number of hydrogen-bond acceptors (Lipinski definition) is 6. The van der Waals surface area contributed by atoms with E-state index in [2.05, 4.69) is 13.6 Å². The molecule has 3 aliphatic heterocycles. The summed E-state index contributed by atoms with van der Waals surface area (Å²) in [7, 11) is -3.52. The maximum atomic E-state index is 10.8. The summed E-state index contributed by atoms with van der Waals surface area (Å²) in [5.74, 6) is -1.72. The van der Waals surface area contributed by atoms with Crippen LogP contribution in [-0.4, -0.2) is 24.5 Å². The Balaban J connectivity index is 2.35. The number of aldehydes is 2. The average Bonchev–Trinajstić information content (AvgIpc) is 2.36. The van der Waals surface area contributed by atoms with Crippen molar-refractivity contribution in [3.05, 3.63) is 0 Å². The van der Waals surface area contributed by atoms with Crippen LogP contribution < -0.4 is 0 Å². The lowest BCUT2D eigenvalue weighted by Crippen LogP contribution is -2.46. The lowest BCUT2D eigenvalue weighted by atomic mass is 10.2. The van der Waals surface area contributed by atoms with E-state index in [1.54, 1.807) is 0 Å². The Morgan fingerprint density at radius 1 is 1.36 bits per heavy atom. The van der Waals surface area contributed by atoms with Gasteiger partial charge in [-0.25, -0.2) is 13.6 Å². The van der Waals surface area contributed by atoms with E-state index in [4.69, 9.17) is 0 Å². The molecule has 3 aliphatic rings. The predicted octanol–water partition coefficient (Wildman–Crippen LogP) is -0.366. The third-order valence-corrected chi connectivity index (χ3v) is 2.94. The molecule has 0 aromatic heterocycles. The lowest BCUT2D eigenvalue weighted by molar-refractivity contribution is -0.180. The van der Waals surface area contributed by atoms with E-state index in [9.17, 15) is 14.2 Å². The maximum Gasteiger partial charge on any atom is 0.481 e. The fourth-order valence-corrected chi connectivity index (χ4v) is 2.51. The molecule has 0 aromatic carbocycles. The van der Waals surface area contributed by atoms with E-state index < -0.39 is 19.7 Å². The third-order valence-electron chi connectivity index (χ3n) is 1.44. The smallest absolute Gasteiger partial charge is 0.300 e. The summed E-state index contributed by atoms with van der Waals surface area (Å²) < 4.78 is 24.3. The first kappa shape index (κ1) is 7.12. The minimum absolute atomic E-state index is 0.259. The molecule has 3 rings (SSSR count). The molecule has 7 heteroatoms. The molecule has 3 heterocycles. The molecule has 0 aromatic rings. The molecule has 0 radical (unpaired) electrons. The third kappa shape index (κ3) is 0.696. The summed E-state index contributed by atoms with van der Waals surface area (Å²) in [6, 6.07) is 0. The Labute approximate surface area is 61.0 Å². The summed E-state index contributed by atoms with van der Waals surface area (Å²) in [6.45, 7) is 0. The van der Waals surface area contributed by atoms with Gasteiger partial charge in [0.1, 0.15) is 0 Å². The second-order valence-corrected chi connectivity index (χ2v) is 3.60. The molecule has 0 N–H and O–H groups in total. The first-order valence-corrected chi connectivity index (χ1v) is 4.22. The SMILES string of the molecule is O=CC1OP2(=O)OC1(C=O)O2. The second kappa shape index (κ2) is 1.78. The van der Waals surface area contributed by atoms with Crippen molar-refractivity contribution in [1.29, 1.82) is 0 Å². The minimum Gasteiger partial charge on any atom is -0.300 e. The Bertz CT molecular complexity index is 253. The van der Waals surface area contributed by atoms with Crippen LogP contribution in [0.4, 0.5) is 0 Å². The van der Waals surface area contributed by atoms with Crippen molar-refractivity contribution in [3.8, 4) is 0 Å². The van der Waals surface area contributed by atoms with Crippen LogP contribution in [0.2, 0.25) is 0 Å². The van der Waals surface area contributed by atoms with Crippen molar-refractivity contribution < 1.29 is 27.7 Å². The number of fused-ring (bicyclic) bond motifs is 1. The van der Waals surface area contributed by atoms with Crippen LogP contribution in [0.15, 0.2) is 0 Å². The van der Waals surface area contributed by atoms with E-state index in [1.807, 2.05) is 0 Å². The van der Waals surface area contributed by atoms with Crippen LogP contribution in [-0.2, 0) is 27.7 Å². The van der Waals surface area contributed by atoms with Crippen LogP contribution in [0, 0.1) is 0 Å². The number of phosphoric acid groups is 1. The molecule has 6 nitrogen and oxygen atoms in total. The van der Waals surface area contributed by atoms with Crippen LogP contribution in [0.25, 0.3) is 0 Å². The van der Waals surface area contributed by atoms with E-state index in [1.165, 1.54) is 0 Å². The summed E-state index contributed by atoms with van der Waals surface area (Å²) in [5, 5.41) is 0. The van der Waals surface area contributed by atoms with Gasteiger partial charge in [-0.2, -0.15) is 0 Å². The molecule has 0 spiro atoms. The average molecular weight is 178 g/mol. The van der Waals surface area contributed by atoms with Crippen molar-refractivity contribution in [2.75, 3.05) is 0 Å². The zero-order valence-electron chi connectivity index (χ0n) is 5.13. The van der Waals surface area contributed by atoms with Gasteiger partial charge >= 0.3 is 7.82 Å². The maximum absolute atomic E-state index is 10.8. The van der Waals surface area contributed by atoms with Crippen molar-refractivity contribution in [2.45, 2.75) is 11.9 Å². The fourth-order valence-electron chi connectivity index (χ4n) is 0.946. The normalized spacial score (nSPS) is 53.3. The first-order chi connectivity index (χ1) is 5.14. The number of hydrogen-bond donors (Lipinski definition) is 0. The van der Waals surface area contributed by atoms with Crippen molar-refractivity contribution in [2.24, 2.45) is 0 Å². The summed E-state index contributed by atoms with van der Waals surface area (Å²) in [4.78, 5) is 20.5. The zero-order valence-corrected chi connectivity index (χ0v) is 6.02. The van der Waals surface area contributed by atoms with Crippen LogP contribution in [0.5, 0.6) is 0 Å². The van der Waals surface area contributed by atoms with Gasteiger partial charge < -0.3 is 4.79 Å². The molecule has 2 bridgehead atoms. The first-order valence-electron chi connectivity index (χ1n) is 2.76. The highest BCUT2D eigenvalue weighted by Crippen LogP contribution is 2.73. The van der Waals surface area contributed by atoms with Crippen LogP contribution in [0.3, 0.4) is 0 Å². The van der Waals surface area contributed by atoms with E-state index in [-0.39, 0.29) is 6.29 Å². The molecule has 60 valence electrons. The van der Waals surface area contributed by atoms with E-state index in [0.29, 0.717) is 6.29 Å². The summed E-state index contributed by atoms with van der Waals surface area (Å²) >= 11 is 0. The minimum atomic E-state index is -3.52. The number of rotatable bonds is 2. The molecule has 3 fully saturated rings. The van der Waals surface area contributed by atoms with Gasteiger partial charge in [0.25, 0.3) is 5.79 Å². The summed E-state index contributed by atoms with van der Waals surface area (Å²) in [6.07, 6.45) is -0.609. The molecule has 0 aliphatic carbocycles. The highest BCUT2D eigenvalue weighted by Gasteiger charge is 2.71. The van der Waals surface area contributed by atoms with Gasteiger partial charge in [0, 0.05) is 0 Å². The van der Waals surface area contributed by atoms with Crippen molar-refractivity contribution >= 4 is 20.4 Å². The number of phosphoric ester groups is 1. The molecule has 1 atom stereocenters. The molecule has 0 saturated carbocycles. The molecule has 0 amide bonds. The Morgan fingerprint density at radius 2 is 2.00 bits per heavy atom.